The van der Waals surface area contributed by atoms with Crippen LogP contribution in [0.1, 0.15) is 77.6 Å². The molecule has 0 spiro atoms. The predicted octanol–water partition coefficient (Wildman–Crippen LogP) is 7.06. The lowest BCUT2D eigenvalue weighted by molar-refractivity contribution is 0.0108. The molecule has 0 radical (unpaired) electrons. The molecule has 0 aromatic heterocycles. The molecule has 0 aliphatic carbocycles. The van der Waals surface area contributed by atoms with E-state index in [4.69, 9.17) is 18.9 Å². The summed E-state index contributed by atoms with van der Waals surface area (Å²) in [7, 11) is 0. The van der Waals surface area contributed by atoms with Crippen molar-refractivity contribution in [1.82, 2.24) is 0 Å². The second-order valence-corrected chi connectivity index (χ2v) is 13.2. The van der Waals surface area contributed by atoms with Gasteiger partial charge in [-0.05, 0) is 90.9 Å². The summed E-state index contributed by atoms with van der Waals surface area (Å²) in [6.45, 7) is 17.9. The van der Waals surface area contributed by atoms with Crippen molar-refractivity contribution in [3.8, 4) is 11.5 Å². The third-order valence-electron chi connectivity index (χ3n) is 6.26. The van der Waals surface area contributed by atoms with Crippen molar-refractivity contribution < 1.29 is 29.2 Å². The molecule has 0 aliphatic heterocycles. The van der Waals surface area contributed by atoms with E-state index in [1.807, 2.05) is 38.1 Å². The Balaban J connectivity index is 2.38. The minimum atomic E-state index is -1.04. The van der Waals surface area contributed by atoms with Gasteiger partial charge in [0.05, 0.1) is 21.2 Å². The van der Waals surface area contributed by atoms with Crippen molar-refractivity contribution >= 4 is 31.9 Å². The molecular formula is C30H44Br2O6. The lowest BCUT2D eigenvalue weighted by atomic mass is 9.84. The maximum absolute atomic E-state index is 11.2. The average molecular weight is 660 g/mol. The Labute approximate surface area is 245 Å². The number of benzene rings is 2. The predicted molar refractivity (Wildman–Crippen MR) is 159 cm³/mol. The standard InChI is InChI=1S/C30H44Br2O6/c1-9-35-17-37-27-19(11-21(15-23(27)31)29(3,4)5)13-25(33)26(34)14-20-12-22(30(6,7)8)16-24(32)28(20)38-18-36-10-2/h11-12,15-16,25-26,33-34H,9-10,13-14,17-18H2,1-8H3. The van der Waals surface area contributed by atoms with Crippen LogP contribution in [0.25, 0.3) is 0 Å². The maximum Gasteiger partial charge on any atom is 0.189 e. The zero-order valence-corrected chi connectivity index (χ0v) is 27.2. The van der Waals surface area contributed by atoms with Crippen LogP contribution in [-0.4, -0.2) is 49.2 Å². The molecule has 8 heteroatoms. The molecule has 38 heavy (non-hydrogen) atoms. The number of hydrogen-bond donors (Lipinski definition) is 2. The summed E-state index contributed by atoms with van der Waals surface area (Å²) in [5.74, 6) is 1.21. The lowest BCUT2D eigenvalue weighted by Crippen LogP contribution is -2.31. The van der Waals surface area contributed by atoms with Gasteiger partial charge in [0.25, 0.3) is 0 Å². The first-order chi connectivity index (χ1) is 17.7. The fraction of sp³-hybridized carbons (Fsp3) is 0.600. The van der Waals surface area contributed by atoms with E-state index in [1.165, 1.54) is 0 Å². The highest BCUT2D eigenvalue weighted by atomic mass is 79.9. The van der Waals surface area contributed by atoms with Crippen molar-refractivity contribution in [3.05, 3.63) is 55.5 Å². The van der Waals surface area contributed by atoms with E-state index < -0.39 is 12.2 Å². The normalized spacial score (nSPS) is 13.9. The highest BCUT2D eigenvalue weighted by molar-refractivity contribution is 9.10. The van der Waals surface area contributed by atoms with Crippen LogP contribution >= 0.6 is 31.9 Å². The van der Waals surface area contributed by atoms with Crippen LogP contribution in [0.3, 0.4) is 0 Å². The smallest absolute Gasteiger partial charge is 0.189 e. The van der Waals surface area contributed by atoms with E-state index in [1.54, 1.807) is 0 Å². The molecular weight excluding hydrogens is 616 g/mol. The van der Waals surface area contributed by atoms with Crippen molar-refractivity contribution in [3.63, 3.8) is 0 Å². The zero-order chi connectivity index (χ0) is 28.7. The Bertz CT molecular complexity index is 959. The lowest BCUT2D eigenvalue weighted by Gasteiger charge is -2.26. The molecule has 214 valence electrons. The average Bonchev–Trinajstić information content (AvgIpc) is 2.80. The largest absolute Gasteiger partial charge is 0.466 e. The van der Waals surface area contributed by atoms with Gasteiger partial charge in [-0.2, -0.15) is 0 Å². The summed E-state index contributed by atoms with van der Waals surface area (Å²) < 4.78 is 24.2. The Morgan fingerprint density at radius 1 is 0.658 bits per heavy atom. The van der Waals surface area contributed by atoms with Crippen LogP contribution in [0.5, 0.6) is 11.5 Å². The highest BCUT2D eigenvalue weighted by Gasteiger charge is 2.26. The molecule has 0 saturated carbocycles. The number of aliphatic hydroxyl groups is 2. The number of hydrogen-bond acceptors (Lipinski definition) is 6. The number of halogens is 2. The van der Waals surface area contributed by atoms with Crippen molar-refractivity contribution in [2.75, 3.05) is 26.8 Å². The molecule has 6 nitrogen and oxygen atoms in total. The summed E-state index contributed by atoms with van der Waals surface area (Å²) in [5.41, 5.74) is 3.58. The van der Waals surface area contributed by atoms with Crippen LogP contribution in [0.4, 0.5) is 0 Å². The molecule has 2 aromatic rings. The quantitative estimate of drug-likeness (QED) is 0.177. The third-order valence-corrected chi connectivity index (χ3v) is 7.43. The van der Waals surface area contributed by atoms with Gasteiger partial charge in [-0.15, -0.1) is 0 Å². The Morgan fingerprint density at radius 2 is 1.00 bits per heavy atom. The molecule has 2 aromatic carbocycles. The van der Waals surface area contributed by atoms with E-state index in [2.05, 4.69) is 73.4 Å². The Kier molecular flexibility index (Phi) is 12.6. The first-order valence-corrected chi connectivity index (χ1v) is 14.7. The summed E-state index contributed by atoms with van der Waals surface area (Å²) in [5, 5.41) is 22.4. The maximum atomic E-state index is 11.2. The van der Waals surface area contributed by atoms with E-state index >= 15 is 0 Å². The van der Waals surface area contributed by atoms with Crippen molar-refractivity contribution in [2.24, 2.45) is 0 Å². The molecule has 0 bridgehead atoms. The third kappa shape index (κ3) is 9.49. The molecule has 0 amide bonds. The van der Waals surface area contributed by atoms with Gasteiger partial charge in [-0.1, -0.05) is 53.7 Å². The van der Waals surface area contributed by atoms with Gasteiger partial charge >= 0.3 is 0 Å². The first kappa shape index (κ1) is 33.0. The topological polar surface area (TPSA) is 77.4 Å². The fourth-order valence-electron chi connectivity index (χ4n) is 3.88. The van der Waals surface area contributed by atoms with E-state index in [0.29, 0.717) is 24.7 Å². The molecule has 0 fully saturated rings. The van der Waals surface area contributed by atoms with E-state index in [-0.39, 0.29) is 37.3 Å². The highest BCUT2D eigenvalue weighted by Crippen LogP contribution is 2.38. The summed E-state index contributed by atoms with van der Waals surface area (Å²) in [4.78, 5) is 0. The molecule has 0 saturated heterocycles. The van der Waals surface area contributed by atoms with Gasteiger partial charge < -0.3 is 29.2 Å². The minimum absolute atomic E-state index is 0.101. The van der Waals surface area contributed by atoms with Gasteiger partial charge in [-0.3, -0.25) is 0 Å². The zero-order valence-electron chi connectivity index (χ0n) is 24.0. The van der Waals surface area contributed by atoms with Crippen LogP contribution < -0.4 is 9.47 Å². The summed E-state index contributed by atoms with van der Waals surface area (Å²) in [6.07, 6.45) is -1.66. The number of ether oxygens (including phenoxy) is 4. The van der Waals surface area contributed by atoms with Gasteiger partial charge in [-0.25, -0.2) is 0 Å². The fourth-order valence-corrected chi connectivity index (χ4v) is 5.12. The number of rotatable bonds is 13. The minimum Gasteiger partial charge on any atom is -0.466 e. The Hall–Kier alpha value is -1.16. The molecule has 0 heterocycles. The van der Waals surface area contributed by atoms with Crippen molar-refractivity contribution in [1.29, 1.82) is 0 Å². The summed E-state index contributed by atoms with van der Waals surface area (Å²) >= 11 is 7.28. The van der Waals surface area contributed by atoms with Crippen LogP contribution in [0, 0.1) is 0 Å². The molecule has 2 rings (SSSR count). The summed E-state index contributed by atoms with van der Waals surface area (Å²) in [6, 6.07) is 8.14. The van der Waals surface area contributed by atoms with Gasteiger partial charge in [0.1, 0.15) is 11.5 Å². The second-order valence-electron chi connectivity index (χ2n) is 11.4. The van der Waals surface area contributed by atoms with Crippen LogP contribution in [0.15, 0.2) is 33.2 Å². The van der Waals surface area contributed by atoms with E-state index in [9.17, 15) is 10.2 Å². The second kappa shape index (κ2) is 14.5. The Morgan fingerprint density at radius 3 is 1.29 bits per heavy atom. The van der Waals surface area contributed by atoms with Gasteiger partial charge in [0.2, 0.25) is 0 Å². The monoisotopic (exact) mass is 658 g/mol. The van der Waals surface area contributed by atoms with Crippen LogP contribution in [-0.2, 0) is 33.1 Å². The molecule has 0 aliphatic rings. The molecule has 2 unspecified atom stereocenters. The SMILES string of the molecule is CCOCOc1c(Br)cc(C(C)(C)C)cc1CC(O)C(O)Cc1cc(C(C)(C)C)cc(Br)c1OCOCC. The van der Waals surface area contributed by atoms with Gasteiger partial charge in [0.15, 0.2) is 13.6 Å². The van der Waals surface area contributed by atoms with Crippen LogP contribution in [0.2, 0.25) is 0 Å². The molecule has 2 atom stereocenters. The van der Waals surface area contributed by atoms with E-state index in [0.717, 1.165) is 31.2 Å². The van der Waals surface area contributed by atoms with Gasteiger partial charge in [0, 0.05) is 26.1 Å². The number of aliphatic hydroxyl groups excluding tert-OH is 2. The molecule has 2 N–H and O–H groups in total. The van der Waals surface area contributed by atoms with Crippen molar-refractivity contribution in [2.45, 2.75) is 91.3 Å². The first-order valence-electron chi connectivity index (χ1n) is 13.1.